The topological polar surface area (TPSA) is 12.0 Å². The lowest BCUT2D eigenvalue weighted by molar-refractivity contribution is 0.514. The molecule has 0 aromatic heterocycles. The van der Waals surface area contributed by atoms with Gasteiger partial charge in [-0.1, -0.05) is 39.7 Å². The highest BCUT2D eigenvalue weighted by molar-refractivity contribution is 9.10. The van der Waals surface area contributed by atoms with Crippen LogP contribution in [-0.4, -0.2) is 7.05 Å². The fraction of sp³-hybridized carbons (Fsp3) is 0.250. The van der Waals surface area contributed by atoms with E-state index >= 15 is 0 Å². The maximum absolute atomic E-state index is 13.8. The van der Waals surface area contributed by atoms with Crippen LogP contribution >= 0.6 is 15.9 Å². The van der Waals surface area contributed by atoms with Crippen molar-refractivity contribution >= 4 is 15.9 Å². The van der Waals surface area contributed by atoms with Crippen LogP contribution in [0, 0.1) is 18.6 Å². The van der Waals surface area contributed by atoms with E-state index in [4.69, 9.17) is 0 Å². The molecule has 1 unspecified atom stereocenters. The normalized spacial score (nSPS) is 12.4. The van der Waals surface area contributed by atoms with Gasteiger partial charge < -0.3 is 5.32 Å². The van der Waals surface area contributed by atoms with Gasteiger partial charge in [-0.05, 0) is 44.2 Å². The number of nitrogens with one attached hydrogen (secondary N) is 1. The molecule has 0 spiro atoms. The minimum Gasteiger partial charge on any atom is -0.313 e. The van der Waals surface area contributed by atoms with Crippen LogP contribution in [0.2, 0.25) is 0 Å². The molecular weight excluding hydrogens is 324 g/mol. The van der Waals surface area contributed by atoms with Crippen LogP contribution in [0.4, 0.5) is 8.78 Å². The number of halogens is 3. The largest absolute Gasteiger partial charge is 0.313 e. The molecule has 106 valence electrons. The van der Waals surface area contributed by atoms with Gasteiger partial charge in [0.05, 0.1) is 0 Å². The SMILES string of the molecule is CNC(Cc1c(F)cccc1F)c1cc(C)ccc1Br. The zero-order chi connectivity index (χ0) is 14.7. The number of aryl methyl sites for hydroxylation is 1. The minimum absolute atomic E-state index is 0.111. The van der Waals surface area contributed by atoms with E-state index in [0.29, 0.717) is 0 Å². The Morgan fingerprint density at radius 1 is 1.15 bits per heavy atom. The van der Waals surface area contributed by atoms with Gasteiger partial charge in [0, 0.05) is 16.1 Å². The quantitative estimate of drug-likeness (QED) is 0.862. The second-order valence-corrected chi connectivity index (χ2v) is 5.62. The Kier molecular flexibility index (Phi) is 4.89. The van der Waals surface area contributed by atoms with E-state index in [0.717, 1.165) is 15.6 Å². The molecule has 0 amide bonds. The Bertz CT molecular complexity index is 593. The van der Waals surface area contributed by atoms with Crippen LogP contribution in [0.15, 0.2) is 40.9 Å². The Balaban J connectivity index is 2.36. The average molecular weight is 340 g/mol. The standard InChI is InChI=1S/C16H16BrF2N/c1-10-6-7-13(17)11(8-10)16(20-2)9-12-14(18)4-3-5-15(12)19/h3-8,16,20H,9H2,1-2H3. The van der Waals surface area contributed by atoms with Crippen LogP contribution < -0.4 is 5.32 Å². The average Bonchev–Trinajstić information content (AvgIpc) is 2.42. The number of likely N-dealkylation sites (N-methyl/N-ethyl adjacent to an activating group) is 1. The lowest BCUT2D eigenvalue weighted by Crippen LogP contribution is -2.20. The van der Waals surface area contributed by atoms with Crippen molar-refractivity contribution in [2.75, 3.05) is 7.05 Å². The van der Waals surface area contributed by atoms with Crippen molar-refractivity contribution in [3.8, 4) is 0 Å². The maximum atomic E-state index is 13.8. The summed E-state index contributed by atoms with van der Waals surface area (Å²) in [6, 6.07) is 9.76. The van der Waals surface area contributed by atoms with E-state index in [1.165, 1.54) is 18.2 Å². The number of rotatable bonds is 4. The monoisotopic (exact) mass is 339 g/mol. The van der Waals surface area contributed by atoms with E-state index < -0.39 is 11.6 Å². The van der Waals surface area contributed by atoms with Crippen LogP contribution in [0.3, 0.4) is 0 Å². The van der Waals surface area contributed by atoms with Crippen molar-refractivity contribution in [3.63, 3.8) is 0 Å². The molecule has 20 heavy (non-hydrogen) atoms. The molecule has 2 aromatic carbocycles. The number of hydrogen-bond donors (Lipinski definition) is 1. The molecule has 1 nitrogen and oxygen atoms in total. The van der Waals surface area contributed by atoms with E-state index in [9.17, 15) is 8.78 Å². The number of hydrogen-bond acceptors (Lipinski definition) is 1. The van der Waals surface area contributed by atoms with E-state index in [2.05, 4.69) is 21.2 Å². The van der Waals surface area contributed by atoms with Gasteiger partial charge in [-0.15, -0.1) is 0 Å². The molecule has 0 radical (unpaired) electrons. The van der Waals surface area contributed by atoms with Crippen LogP contribution in [0.1, 0.15) is 22.7 Å². The van der Waals surface area contributed by atoms with Crippen LogP contribution in [0.25, 0.3) is 0 Å². The minimum atomic E-state index is -0.506. The second kappa shape index (κ2) is 6.46. The Hall–Kier alpha value is -1.26. The van der Waals surface area contributed by atoms with Crippen LogP contribution in [0.5, 0.6) is 0 Å². The molecule has 0 aliphatic carbocycles. The number of benzene rings is 2. The van der Waals surface area contributed by atoms with Gasteiger partial charge in [0.25, 0.3) is 0 Å². The molecule has 2 aromatic rings. The van der Waals surface area contributed by atoms with Gasteiger partial charge in [-0.2, -0.15) is 0 Å². The molecule has 1 N–H and O–H groups in total. The van der Waals surface area contributed by atoms with Crippen molar-refractivity contribution < 1.29 is 8.78 Å². The third-order valence-electron chi connectivity index (χ3n) is 3.35. The smallest absolute Gasteiger partial charge is 0.129 e. The van der Waals surface area contributed by atoms with Crippen molar-refractivity contribution in [2.24, 2.45) is 0 Å². The van der Waals surface area contributed by atoms with E-state index in [-0.39, 0.29) is 18.0 Å². The van der Waals surface area contributed by atoms with Gasteiger partial charge >= 0.3 is 0 Å². The van der Waals surface area contributed by atoms with Gasteiger partial charge in [0.1, 0.15) is 11.6 Å². The van der Waals surface area contributed by atoms with Crippen molar-refractivity contribution in [1.29, 1.82) is 0 Å². The Labute approximate surface area is 126 Å². The molecule has 0 bridgehead atoms. The first-order valence-electron chi connectivity index (χ1n) is 6.39. The predicted octanol–water partition coefficient (Wildman–Crippen LogP) is 4.54. The summed E-state index contributed by atoms with van der Waals surface area (Å²) >= 11 is 3.49. The first kappa shape index (κ1) is 15.1. The summed E-state index contributed by atoms with van der Waals surface area (Å²) in [5.74, 6) is -1.01. The molecular formula is C16H16BrF2N. The fourth-order valence-electron chi connectivity index (χ4n) is 2.23. The van der Waals surface area contributed by atoms with Crippen molar-refractivity contribution in [1.82, 2.24) is 5.32 Å². The van der Waals surface area contributed by atoms with Gasteiger partial charge in [0.2, 0.25) is 0 Å². The summed E-state index contributed by atoms with van der Waals surface area (Å²) in [6.07, 6.45) is 0.261. The van der Waals surface area contributed by atoms with Gasteiger partial charge in [0.15, 0.2) is 0 Å². The zero-order valence-corrected chi connectivity index (χ0v) is 13.0. The van der Waals surface area contributed by atoms with E-state index in [1.807, 2.05) is 25.1 Å². The molecule has 2 rings (SSSR count). The third kappa shape index (κ3) is 3.25. The fourth-order valence-corrected chi connectivity index (χ4v) is 2.75. The summed E-state index contributed by atoms with van der Waals surface area (Å²) in [5, 5.41) is 3.13. The predicted molar refractivity (Wildman–Crippen MR) is 80.7 cm³/mol. The van der Waals surface area contributed by atoms with E-state index in [1.54, 1.807) is 7.05 Å². The zero-order valence-electron chi connectivity index (χ0n) is 11.4. The molecule has 0 heterocycles. The summed E-state index contributed by atoms with van der Waals surface area (Å²) in [7, 11) is 1.79. The summed E-state index contributed by atoms with van der Waals surface area (Å²) in [4.78, 5) is 0. The molecule has 1 atom stereocenters. The second-order valence-electron chi connectivity index (χ2n) is 4.77. The first-order chi connectivity index (χ1) is 9.52. The highest BCUT2D eigenvalue weighted by Crippen LogP contribution is 2.28. The van der Waals surface area contributed by atoms with Gasteiger partial charge in [-0.3, -0.25) is 0 Å². The molecule has 0 fully saturated rings. The molecule has 0 aliphatic heterocycles. The summed E-state index contributed by atoms with van der Waals surface area (Å²) in [6.45, 7) is 1.99. The molecule has 4 heteroatoms. The maximum Gasteiger partial charge on any atom is 0.129 e. The molecule has 0 aliphatic rings. The Morgan fingerprint density at radius 2 is 1.80 bits per heavy atom. The lowest BCUT2D eigenvalue weighted by atomic mass is 9.97. The summed E-state index contributed by atoms with van der Waals surface area (Å²) in [5.41, 5.74) is 2.22. The first-order valence-corrected chi connectivity index (χ1v) is 7.18. The van der Waals surface area contributed by atoms with Crippen LogP contribution in [-0.2, 0) is 6.42 Å². The highest BCUT2D eigenvalue weighted by atomic mass is 79.9. The third-order valence-corrected chi connectivity index (χ3v) is 4.07. The van der Waals surface area contributed by atoms with Crippen molar-refractivity contribution in [3.05, 3.63) is 69.2 Å². The van der Waals surface area contributed by atoms with Crippen molar-refractivity contribution in [2.45, 2.75) is 19.4 Å². The summed E-state index contributed by atoms with van der Waals surface area (Å²) < 4.78 is 28.5. The van der Waals surface area contributed by atoms with Gasteiger partial charge in [-0.25, -0.2) is 8.78 Å². The lowest BCUT2D eigenvalue weighted by Gasteiger charge is -2.19. The molecule has 0 saturated carbocycles. The Morgan fingerprint density at radius 3 is 2.40 bits per heavy atom. The highest BCUT2D eigenvalue weighted by Gasteiger charge is 2.18. The molecule has 0 saturated heterocycles.